The fourth-order valence-electron chi connectivity index (χ4n) is 2.02. The van der Waals surface area contributed by atoms with E-state index in [4.69, 9.17) is 0 Å². The van der Waals surface area contributed by atoms with Crippen molar-refractivity contribution < 1.29 is 0 Å². The summed E-state index contributed by atoms with van der Waals surface area (Å²) in [5, 5.41) is 7.70. The van der Waals surface area contributed by atoms with Gasteiger partial charge in [-0.1, -0.05) is 32.4 Å². The van der Waals surface area contributed by atoms with Crippen LogP contribution in [0.3, 0.4) is 0 Å². The summed E-state index contributed by atoms with van der Waals surface area (Å²) < 4.78 is 1.83. The maximum absolute atomic E-state index is 4.13. The first-order valence-electron chi connectivity index (χ1n) is 6.87. The van der Waals surface area contributed by atoms with Gasteiger partial charge in [-0.05, 0) is 30.5 Å². The van der Waals surface area contributed by atoms with Crippen LogP contribution in [0.5, 0.6) is 0 Å². The minimum atomic E-state index is 0.478. The van der Waals surface area contributed by atoms with E-state index in [-0.39, 0.29) is 0 Å². The minimum Gasteiger partial charge on any atom is -0.382 e. The molecule has 1 aromatic carbocycles. The second-order valence-electron chi connectivity index (χ2n) is 5.11. The van der Waals surface area contributed by atoms with Gasteiger partial charge >= 0.3 is 0 Å². The topological polar surface area (TPSA) is 42.7 Å². The zero-order valence-corrected chi connectivity index (χ0v) is 11.9. The van der Waals surface area contributed by atoms with Crippen molar-refractivity contribution in [3.63, 3.8) is 0 Å². The number of benzene rings is 1. The second kappa shape index (κ2) is 6.36. The average molecular weight is 258 g/mol. The van der Waals surface area contributed by atoms with Crippen LogP contribution in [0.25, 0.3) is 0 Å². The third kappa shape index (κ3) is 3.81. The maximum Gasteiger partial charge on any atom is 0.137 e. The fraction of sp³-hybridized carbons (Fsp3) is 0.467. The number of hydrogen-bond acceptors (Lipinski definition) is 3. The summed E-state index contributed by atoms with van der Waals surface area (Å²) in [6.45, 7) is 7.49. The Morgan fingerprint density at radius 2 is 2.16 bits per heavy atom. The molecule has 1 aromatic heterocycles. The van der Waals surface area contributed by atoms with E-state index in [0.29, 0.717) is 12.0 Å². The zero-order chi connectivity index (χ0) is 13.7. The Bertz CT molecular complexity index is 493. The molecular weight excluding hydrogens is 236 g/mol. The number of aromatic nitrogens is 3. The van der Waals surface area contributed by atoms with Crippen LogP contribution in [-0.4, -0.2) is 20.8 Å². The molecular formula is C15H22N4. The summed E-state index contributed by atoms with van der Waals surface area (Å²) in [5.41, 5.74) is 2.40. The van der Waals surface area contributed by atoms with E-state index in [1.807, 2.05) is 4.68 Å². The molecule has 2 aromatic rings. The molecule has 0 saturated carbocycles. The normalized spacial score (nSPS) is 14.1. The van der Waals surface area contributed by atoms with Crippen LogP contribution in [0.2, 0.25) is 0 Å². The van der Waals surface area contributed by atoms with E-state index in [2.05, 4.69) is 60.4 Å². The monoisotopic (exact) mass is 258 g/mol. The van der Waals surface area contributed by atoms with Gasteiger partial charge in [0.2, 0.25) is 0 Å². The van der Waals surface area contributed by atoms with Gasteiger partial charge in [0.15, 0.2) is 0 Å². The molecule has 0 aliphatic rings. The van der Waals surface area contributed by atoms with Gasteiger partial charge in [-0.25, -0.2) is 9.67 Å². The van der Waals surface area contributed by atoms with E-state index < -0.39 is 0 Å². The molecule has 0 fully saturated rings. The molecule has 4 nitrogen and oxygen atoms in total. The number of nitrogens with zero attached hydrogens (tertiary/aromatic N) is 3. The van der Waals surface area contributed by atoms with Crippen molar-refractivity contribution in [1.82, 2.24) is 14.8 Å². The van der Waals surface area contributed by atoms with Crippen LogP contribution in [0.4, 0.5) is 5.69 Å². The van der Waals surface area contributed by atoms with Gasteiger partial charge in [-0.3, -0.25) is 0 Å². The molecule has 0 aliphatic heterocycles. The fourth-order valence-corrected chi connectivity index (χ4v) is 2.02. The van der Waals surface area contributed by atoms with Crippen molar-refractivity contribution in [3.8, 4) is 0 Å². The third-order valence-electron chi connectivity index (χ3n) is 3.63. The van der Waals surface area contributed by atoms with E-state index in [1.54, 1.807) is 12.7 Å². The first kappa shape index (κ1) is 13.6. The van der Waals surface area contributed by atoms with Crippen molar-refractivity contribution in [1.29, 1.82) is 0 Å². The molecule has 0 bridgehead atoms. The Morgan fingerprint density at radius 1 is 1.32 bits per heavy atom. The average Bonchev–Trinajstić information content (AvgIpc) is 2.91. The van der Waals surface area contributed by atoms with E-state index in [1.165, 1.54) is 17.7 Å². The molecule has 19 heavy (non-hydrogen) atoms. The molecule has 2 rings (SSSR count). The number of anilines is 1. The van der Waals surface area contributed by atoms with Crippen LogP contribution in [-0.2, 0) is 6.54 Å². The van der Waals surface area contributed by atoms with E-state index in [0.717, 1.165) is 6.54 Å². The van der Waals surface area contributed by atoms with Gasteiger partial charge in [0.25, 0.3) is 0 Å². The molecule has 1 heterocycles. The lowest BCUT2D eigenvalue weighted by atomic mass is 10.0. The molecule has 0 saturated heterocycles. The van der Waals surface area contributed by atoms with Gasteiger partial charge < -0.3 is 5.32 Å². The molecule has 4 heteroatoms. The highest BCUT2D eigenvalue weighted by molar-refractivity contribution is 5.46. The summed E-state index contributed by atoms with van der Waals surface area (Å²) in [7, 11) is 0. The molecule has 1 N–H and O–H groups in total. The lowest BCUT2D eigenvalue weighted by molar-refractivity contribution is 0.494. The minimum absolute atomic E-state index is 0.478. The summed E-state index contributed by atoms with van der Waals surface area (Å²) in [4.78, 5) is 3.96. The number of nitrogens with one attached hydrogen (secondary N) is 1. The number of hydrogen-bond donors (Lipinski definition) is 1. The first-order chi connectivity index (χ1) is 9.19. The second-order valence-corrected chi connectivity index (χ2v) is 5.11. The molecule has 2 atom stereocenters. The van der Waals surface area contributed by atoms with Crippen molar-refractivity contribution in [2.45, 2.75) is 39.8 Å². The lowest BCUT2D eigenvalue weighted by Gasteiger charge is -2.21. The van der Waals surface area contributed by atoms with Crippen molar-refractivity contribution in [2.24, 2.45) is 5.92 Å². The zero-order valence-electron chi connectivity index (χ0n) is 11.9. The predicted molar refractivity (Wildman–Crippen MR) is 78.1 cm³/mol. The van der Waals surface area contributed by atoms with Crippen molar-refractivity contribution in [2.75, 3.05) is 5.32 Å². The standard InChI is InChI=1S/C15H22N4/c1-4-12(2)13(3)18-15-7-5-6-14(8-15)9-19-11-16-10-17-19/h5-8,10-13,18H,4,9H2,1-3H3. The lowest BCUT2D eigenvalue weighted by Crippen LogP contribution is -2.23. The van der Waals surface area contributed by atoms with Crippen LogP contribution in [0.1, 0.15) is 32.8 Å². The highest BCUT2D eigenvalue weighted by Crippen LogP contribution is 2.16. The Balaban J connectivity index is 2.02. The molecule has 0 radical (unpaired) electrons. The Hall–Kier alpha value is -1.84. The Labute approximate surface area is 114 Å². The van der Waals surface area contributed by atoms with E-state index >= 15 is 0 Å². The summed E-state index contributed by atoms with van der Waals surface area (Å²) in [6.07, 6.45) is 4.49. The van der Waals surface area contributed by atoms with Gasteiger partial charge in [0, 0.05) is 11.7 Å². The van der Waals surface area contributed by atoms with Crippen molar-refractivity contribution in [3.05, 3.63) is 42.5 Å². The van der Waals surface area contributed by atoms with Crippen LogP contribution in [0.15, 0.2) is 36.9 Å². The first-order valence-corrected chi connectivity index (χ1v) is 6.87. The molecule has 0 aliphatic carbocycles. The molecule has 2 unspecified atom stereocenters. The number of rotatable bonds is 6. The van der Waals surface area contributed by atoms with Gasteiger partial charge in [-0.15, -0.1) is 0 Å². The largest absolute Gasteiger partial charge is 0.382 e. The maximum atomic E-state index is 4.13. The van der Waals surface area contributed by atoms with Gasteiger partial charge in [0.1, 0.15) is 12.7 Å². The summed E-state index contributed by atoms with van der Waals surface area (Å²) in [5.74, 6) is 0.666. The van der Waals surface area contributed by atoms with Crippen LogP contribution < -0.4 is 5.32 Å². The summed E-state index contributed by atoms with van der Waals surface area (Å²) >= 11 is 0. The molecule has 0 spiro atoms. The predicted octanol–water partition coefficient (Wildman–Crippen LogP) is 3.17. The Kier molecular flexibility index (Phi) is 4.55. The summed E-state index contributed by atoms with van der Waals surface area (Å²) in [6, 6.07) is 8.97. The van der Waals surface area contributed by atoms with E-state index in [9.17, 15) is 0 Å². The third-order valence-corrected chi connectivity index (χ3v) is 3.63. The smallest absolute Gasteiger partial charge is 0.137 e. The van der Waals surface area contributed by atoms with Gasteiger partial charge in [0.05, 0.1) is 6.54 Å². The van der Waals surface area contributed by atoms with Crippen LogP contribution >= 0.6 is 0 Å². The van der Waals surface area contributed by atoms with Gasteiger partial charge in [-0.2, -0.15) is 5.10 Å². The quantitative estimate of drug-likeness (QED) is 0.865. The molecule has 0 amide bonds. The van der Waals surface area contributed by atoms with Crippen molar-refractivity contribution >= 4 is 5.69 Å². The SMILES string of the molecule is CCC(C)C(C)Nc1cccc(Cn2cncn2)c1. The highest BCUT2D eigenvalue weighted by Gasteiger charge is 2.09. The van der Waals surface area contributed by atoms with Crippen LogP contribution in [0, 0.1) is 5.92 Å². The molecule has 102 valence electrons. The highest BCUT2D eigenvalue weighted by atomic mass is 15.3. The Morgan fingerprint density at radius 3 is 2.84 bits per heavy atom.